The smallest absolute Gasteiger partial charge is 0.444 e. The molecule has 1 fully saturated rings. The quantitative estimate of drug-likeness (QED) is 0.204. The number of aromatic nitrogens is 4. The van der Waals surface area contributed by atoms with Crippen LogP contribution in [-0.4, -0.2) is 63.0 Å². The lowest BCUT2D eigenvalue weighted by molar-refractivity contribution is -0.159. The first-order valence-electron chi connectivity index (χ1n) is 15.7. The van der Waals surface area contributed by atoms with E-state index in [0.717, 1.165) is 11.0 Å². The van der Waals surface area contributed by atoms with Gasteiger partial charge in [0.05, 0.1) is 17.8 Å². The van der Waals surface area contributed by atoms with Gasteiger partial charge in [0.1, 0.15) is 17.5 Å². The number of carbonyl (C=O) groups excluding carboxylic acids is 2. The second kappa shape index (κ2) is 13.0. The normalized spacial score (nSPS) is 18.9. The summed E-state index contributed by atoms with van der Waals surface area (Å²) in [7, 11) is 0. The number of amides is 2. The van der Waals surface area contributed by atoms with Gasteiger partial charge < -0.3 is 28.8 Å². The number of alkyl halides is 7. The van der Waals surface area contributed by atoms with Crippen LogP contribution < -0.4 is 15.1 Å². The van der Waals surface area contributed by atoms with E-state index in [2.05, 4.69) is 30.2 Å². The number of piperidine rings is 1. The van der Waals surface area contributed by atoms with Gasteiger partial charge in [0, 0.05) is 43.5 Å². The molecule has 0 spiro atoms. The van der Waals surface area contributed by atoms with Crippen LogP contribution in [-0.2, 0) is 28.2 Å². The number of hydrogen-bond acceptors (Lipinski definition) is 10. The van der Waals surface area contributed by atoms with Crippen molar-refractivity contribution in [2.24, 2.45) is 0 Å². The molecule has 2 amide bonds. The number of carbonyl (C=O) groups is 2. The predicted octanol–water partition coefficient (Wildman–Crippen LogP) is 7.10. The van der Waals surface area contributed by atoms with Gasteiger partial charge in [0.2, 0.25) is 11.7 Å². The first-order valence-corrected chi connectivity index (χ1v) is 15.7. The molecule has 4 heterocycles. The van der Waals surface area contributed by atoms with Crippen molar-refractivity contribution in [2.45, 2.75) is 76.2 Å². The fourth-order valence-electron chi connectivity index (χ4n) is 5.60. The highest BCUT2D eigenvalue weighted by Crippen LogP contribution is 2.45. The van der Waals surface area contributed by atoms with Crippen LogP contribution in [0.4, 0.5) is 51.6 Å². The third-order valence-electron chi connectivity index (χ3n) is 8.12. The Kier molecular flexibility index (Phi) is 9.15. The Morgan fingerprint density at radius 3 is 2.33 bits per heavy atom. The van der Waals surface area contributed by atoms with Gasteiger partial charge in [0.15, 0.2) is 0 Å². The summed E-state index contributed by atoms with van der Waals surface area (Å²) >= 11 is 0. The predicted molar refractivity (Wildman–Crippen MR) is 164 cm³/mol. The lowest BCUT2D eigenvalue weighted by Crippen LogP contribution is -2.49. The Morgan fingerprint density at radius 2 is 1.71 bits per heavy atom. The minimum Gasteiger partial charge on any atom is -0.444 e. The van der Waals surface area contributed by atoms with Gasteiger partial charge in [-0.3, -0.25) is 4.79 Å². The summed E-state index contributed by atoms with van der Waals surface area (Å²) in [4.78, 5) is 32.3. The molecule has 0 bridgehead atoms. The highest BCUT2D eigenvalue weighted by molar-refractivity contribution is 6.01. The van der Waals surface area contributed by atoms with Gasteiger partial charge in [-0.1, -0.05) is 34.5 Å². The molecule has 0 aliphatic carbocycles. The second-order valence-corrected chi connectivity index (χ2v) is 13.2. The summed E-state index contributed by atoms with van der Waals surface area (Å²) in [5, 5.41) is 13.1. The van der Waals surface area contributed by atoms with E-state index >= 15 is 13.2 Å². The van der Waals surface area contributed by atoms with Crippen LogP contribution in [0.2, 0.25) is 0 Å². The molecule has 1 atom stereocenters. The Bertz CT molecular complexity index is 1960. The van der Waals surface area contributed by atoms with E-state index < -0.39 is 108 Å². The molecule has 1 N–H and O–H groups in total. The van der Waals surface area contributed by atoms with Crippen molar-refractivity contribution in [1.29, 1.82) is 0 Å². The summed E-state index contributed by atoms with van der Waals surface area (Å²) in [6, 6.07) is 4.66. The van der Waals surface area contributed by atoms with E-state index in [4.69, 9.17) is 9.15 Å². The van der Waals surface area contributed by atoms with Gasteiger partial charge in [-0.15, -0.1) is 5.10 Å². The number of rotatable bonds is 6. The molecular formula is C32H29F8N7O5. The van der Waals surface area contributed by atoms with Crippen molar-refractivity contribution in [3.8, 4) is 22.8 Å². The number of hydrogen-bond donors (Lipinski definition) is 1. The van der Waals surface area contributed by atoms with Crippen molar-refractivity contribution >= 4 is 23.7 Å². The molecule has 2 aliphatic heterocycles. The van der Waals surface area contributed by atoms with E-state index in [-0.39, 0.29) is 30.2 Å². The first kappa shape index (κ1) is 36.5. The van der Waals surface area contributed by atoms with Gasteiger partial charge in [-0.2, -0.15) is 18.2 Å². The Morgan fingerprint density at radius 1 is 1.04 bits per heavy atom. The van der Waals surface area contributed by atoms with E-state index in [1.807, 2.05) is 0 Å². The topological polar surface area (TPSA) is 140 Å². The molecule has 12 nitrogen and oxygen atoms in total. The van der Waals surface area contributed by atoms with Crippen molar-refractivity contribution < 1.29 is 58.4 Å². The summed E-state index contributed by atoms with van der Waals surface area (Å²) in [6.45, 7) is 3.82. The average Bonchev–Trinajstić information content (AvgIpc) is 3.72. The molecule has 4 aromatic rings. The maximum Gasteiger partial charge on any atom is 0.471 e. The van der Waals surface area contributed by atoms with Crippen molar-refractivity contribution in [2.75, 3.05) is 22.9 Å². The number of fused-ring (bicyclic) bond motifs is 1. The fourth-order valence-corrected chi connectivity index (χ4v) is 5.60. The SMILES string of the molecule is CC(C)(C)OC(=O)NC1CC(F)(F)c2cc(F)c(-c3nnc(N4CCC(F)(F)CC4)o3)cc2N(Cc2ccc(-c3noc(C(F)(F)F)n3)cc2)C1=O. The largest absolute Gasteiger partial charge is 0.471 e. The molecule has 0 saturated carbocycles. The van der Waals surface area contributed by atoms with E-state index in [0.29, 0.717) is 6.07 Å². The number of halogens is 8. The number of nitrogens with one attached hydrogen (secondary N) is 1. The summed E-state index contributed by atoms with van der Waals surface area (Å²) in [5.41, 5.74) is -2.60. The Hall–Kier alpha value is -5.30. The van der Waals surface area contributed by atoms with Crippen molar-refractivity contribution in [3.05, 3.63) is 59.2 Å². The van der Waals surface area contributed by atoms with Crippen molar-refractivity contribution in [1.82, 2.24) is 25.7 Å². The zero-order valence-electron chi connectivity index (χ0n) is 27.5. The summed E-state index contributed by atoms with van der Waals surface area (Å²) < 4.78 is 129. The standard InChI is InChI=1S/C32H29F8N7O5/c1-29(2,3)51-28(49)41-21-14-31(36,37)19-13-20(33)18(24-43-44-27(50-24)46-10-8-30(34,35)9-11-46)12-22(19)47(25(21)48)15-16-4-6-17(7-5-16)23-42-26(52-45-23)32(38,39)40/h4-7,12-13,21H,8-11,14-15H2,1-3H3,(H,41,49). The Balaban J connectivity index is 1.37. The average molecular weight is 744 g/mol. The van der Waals surface area contributed by atoms with E-state index in [1.165, 1.54) is 49.9 Å². The number of benzene rings is 2. The van der Waals surface area contributed by atoms with Crippen LogP contribution >= 0.6 is 0 Å². The molecule has 2 aliphatic rings. The Labute approximate surface area is 289 Å². The fraction of sp³-hybridized carbons (Fsp3) is 0.438. The molecule has 2 aromatic carbocycles. The van der Waals surface area contributed by atoms with E-state index in [1.54, 1.807) is 0 Å². The molecule has 2 aromatic heterocycles. The summed E-state index contributed by atoms with van der Waals surface area (Å²) in [5.74, 6) is -11.5. The summed E-state index contributed by atoms with van der Waals surface area (Å²) in [6.07, 6.45) is -8.32. The number of anilines is 2. The van der Waals surface area contributed by atoms with Gasteiger partial charge in [0.25, 0.3) is 17.7 Å². The third kappa shape index (κ3) is 7.79. The van der Waals surface area contributed by atoms with Crippen LogP contribution in [0.25, 0.3) is 22.8 Å². The van der Waals surface area contributed by atoms with Crippen LogP contribution in [0.5, 0.6) is 0 Å². The molecular weight excluding hydrogens is 714 g/mol. The lowest BCUT2D eigenvalue weighted by Gasteiger charge is -2.30. The highest BCUT2D eigenvalue weighted by atomic mass is 19.4. The van der Waals surface area contributed by atoms with Crippen LogP contribution in [0, 0.1) is 5.82 Å². The monoisotopic (exact) mass is 743 g/mol. The maximum absolute atomic E-state index is 16.0. The molecule has 52 heavy (non-hydrogen) atoms. The molecule has 0 radical (unpaired) electrons. The number of nitrogens with zero attached hydrogens (tertiary/aromatic N) is 6. The lowest BCUT2D eigenvalue weighted by atomic mass is 9.99. The van der Waals surface area contributed by atoms with Crippen LogP contribution in [0.1, 0.15) is 57.1 Å². The molecule has 1 saturated heterocycles. The van der Waals surface area contributed by atoms with Gasteiger partial charge in [-0.05, 0) is 38.5 Å². The zero-order valence-corrected chi connectivity index (χ0v) is 27.5. The molecule has 1 unspecified atom stereocenters. The van der Waals surface area contributed by atoms with Gasteiger partial charge >= 0.3 is 24.2 Å². The van der Waals surface area contributed by atoms with Crippen LogP contribution in [0.15, 0.2) is 45.3 Å². The van der Waals surface area contributed by atoms with E-state index in [9.17, 15) is 31.5 Å². The minimum absolute atomic E-state index is 0.0931. The number of alkyl carbamates (subject to hydrolysis) is 1. The van der Waals surface area contributed by atoms with Crippen LogP contribution in [0.3, 0.4) is 0 Å². The maximum atomic E-state index is 16.0. The number of ether oxygens (including phenoxy) is 1. The van der Waals surface area contributed by atoms with Gasteiger partial charge in [-0.25, -0.2) is 26.7 Å². The second-order valence-electron chi connectivity index (χ2n) is 13.2. The third-order valence-corrected chi connectivity index (χ3v) is 8.12. The first-order chi connectivity index (χ1) is 24.2. The molecule has 6 rings (SSSR count). The molecule has 20 heteroatoms. The highest BCUT2D eigenvalue weighted by Gasteiger charge is 2.47. The zero-order chi connectivity index (χ0) is 37.8. The minimum atomic E-state index is -4.88. The molecule has 278 valence electrons. The van der Waals surface area contributed by atoms with Crippen molar-refractivity contribution in [3.63, 3.8) is 0 Å².